The van der Waals surface area contributed by atoms with E-state index < -0.39 is 22.5 Å². The lowest BCUT2D eigenvalue weighted by Gasteiger charge is -2.27. The Morgan fingerprint density at radius 2 is 1.68 bits per heavy atom. The van der Waals surface area contributed by atoms with E-state index in [1.165, 1.54) is 22.6 Å². The molecule has 8 nitrogen and oxygen atoms in total. The number of nitrogens with one attached hydrogen (secondary N) is 1. The Kier molecular flexibility index (Phi) is 3.77. The van der Waals surface area contributed by atoms with Crippen LogP contribution >= 0.6 is 0 Å². The fourth-order valence-electron chi connectivity index (χ4n) is 3.75. The van der Waals surface area contributed by atoms with Crippen LogP contribution in [0.5, 0.6) is 0 Å². The van der Waals surface area contributed by atoms with Crippen molar-refractivity contribution in [2.45, 2.75) is 57.5 Å². The van der Waals surface area contributed by atoms with Crippen LogP contribution in [0.1, 0.15) is 51.0 Å². The number of aromatic nitrogens is 4. The molecule has 2 heterocycles. The molecule has 0 spiro atoms. The Bertz CT molecular complexity index is 1060. The summed E-state index contributed by atoms with van der Waals surface area (Å²) in [6.45, 7) is 0.389. The molecule has 0 aromatic carbocycles. The minimum absolute atomic E-state index is 0.0407. The van der Waals surface area contributed by atoms with Gasteiger partial charge in [0.1, 0.15) is 11.0 Å². The van der Waals surface area contributed by atoms with Crippen molar-refractivity contribution in [2.24, 2.45) is 13.0 Å². The smallest absolute Gasteiger partial charge is 0.301 e. The molecule has 2 aliphatic rings. The fraction of sp³-hybridized carbons (Fsp3) is 0.647. The van der Waals surface area contributed by atoms with Crippen LogP contribution in [0.15, 0.2) is 19.2 Å². The number of aromatic amines is 1. The average Bonchev–Trinajstić information content (AvgIpc) is 2.49. The van der Waals surface area contributed by atoms with Crippen molar-refractivity contribution in [1.29, 1.82) is 0 Å². The molecule has 4 rings (SSSR count). The van der Waals surface area contributed by atoms with Crippen molar-refractivity contribution in [3.8, 4) is 0 Å². The van der Waals surface area contributed by atoms with E-state index in [1.807, 2.05) is 0 Å². The Morgan fingerprint density at radius 1 is 1.00 bits per heavy atom. The first kappa shape index (κ1) is 16.1. The van der Waals surface area contributed by atoms with Crippen LogP contribution in [-0.2, 0) is 13.6 Å². The van der Waals surface area contributed by atoms with Crippen LogP contribution in [0.2, 0.25) is 0 Å². The quantitative estimate of drug-likeness (QED) is 0.870. The highest BCUT2D eigenvalue weighted by atomic mass is 16.2. The van der Waals surface area contributed by atoms with Crippen LogP contribution in [0.25, 0.3) is 11.0 Å². The first-order valence-corrected chi connectivity index (χ1v) is 8.97. The maximum Gasteiger partial charge on any atom is 0.331 e. The third kappa shape index (κ3) is 2.42. The van der Waals surface area contributed by atoms with Gasteiger partial charge >= 0.3 is 11.4 Å². The minimum atomic E-state index is -0.630. The van der Waals surface area contributed by atoms with Crippen molar-refractivity contribution in [2.75, 3.05) is 0 Å². The van der Waals surface area contributed by atoms with E-state index in [4.69, 9.17) is 0 Å². The Labute approximate surface area is 142 Å². The lowest BCUT2D eigenvalue weighted by molar-refractivity contribution is 0.280. The number of fused-ring (bicyclic) bond motifs is 1. The van der Waals surface area contributed by atoms with Crippen LogP contribution in [0.4, 0.5) is 0 Å². The summed E-state index contributed by atoms with van der Waals surface area (Å²) in [6.07, 6.45) is 6.80. The molecular weight excluding hydrogens is 324 g/mol. The summed E-state index contributed by atoms with van der Waals surface area (Å²) in [5, 5.41) is 0. The maximum absolute atomic E-state index is 13.0. The zero-order chi connectivity index (χ0) is 17.7. The average molecular weight is 346 g/mol. The van der Waals surface area contributed by atoms with Crippen LogP contribution in [0, 0.1) is 5.92 Å². The van der Waals surface area contributed by atoms with Gasteiger partial charge in [-0.05, 0) is 31.6 Å². The maximum atomic E-state index is 13.0. The van der Waals surface area contributed by atoms with Gasteiger partial charge in [0.05, 0.1) is 0 Å². The molecule has 2 aromatic heterocycles. The van der Waals surface area contributed by atoms with Gasteiger partial charge in [-0.25, -0.2) is 9.59 Å². The Morgan fingerprint density at radius 3 is 2.24 bits per heavy atom. The lowest BCUT2D eigenvalue weighted by Crippen LogP contribution is -2.47. The molecule has 0 unspecified atom stereocenters. The second-order valence-electron chi connectivity index (χ2n) is 7.30. The Balaban J connectivity index is 1.97. The topological polar surface area (TPSA) is 98.9 Å². The van der Waals surface area contributed by atoms with Crippen molar-refractivity contribution in [3.63, 3.8) is 0 Å². The van der Waals surface area contributed by atoms with Gasteiger partial charge in [0, 0.05) is 19.6 Å². The van der Waals surface area contributed by atoms with E-state index in [0.717, 1.165) is 43.1 Å². The van der Waals surface area contributed by atoms with E-state index in [9.17, 15) is 19.2 Å². The van der Waals surface area contributed by atoms with Crippen molar-refractivity contribution in [3.05, 3.63) is 41.7 Å². The van der Waals surface area contributed by atoms with Crippen LogP contribution in [0.3, 0.4) is 0 Å². The highest BCUT2D eigenvalue weighted by molar-refractivity contribution is 5.72. The van der Waals surface area contributed by atoms with Gasteiger partial charge in [0.2, 0.25) is 0 Å². The summed E-state index contributed by atoms with van der Waals surface area (Å²) in [7, 11) is 1.37. The zero-order valence-corrected chi connectivity index (χ0v) is 14.3. The molecule has 0 amide bonds. The molecule has 2 aromatic rings. The number of nitrogens with zero attached hydrogens (tertiary/aromatic N) is 3. The molecule has 1 N–H and O–H groups in total. The molecule has 134 valence electrons. The summed E-state index contributed by atoms with van der Waals surface area (Å²) in [5.74, 6) is 0.566. The van der Waals surface area contributed by atoms with Gasteiger partial charge in [0.25, 0.3) is 11.1 Å². The second-order valence-corrected chi connectivity index (χ2v) is 7.30. The number of rotatable bonds is 4. The summed E-state index contributed by atoms with van der Waals surface area (Å²) in [5.41, 5.74) is -2.24. The van der Waals surface area contributed by atoms with Gasteiger partial charge in [-0.1, -0.05) is 19.3 Å². The number of H-pyrrole nitrogens is 1. The number of hydrogen-bond donors (Lipinski definition) is 1. The molecule has 0 radical (unpaired) electrons. The van der Waals surface area contributed by atoms with E-state index in [2.05, 4.69) is 4.98 Å². The molecule has 25 heavy (non-hydrogen) atoms. The second kappa shape index (κ2) is 5.86. The molecule has 8 heteroatoms. The van der Waals surface area contributed by atoms with Gasteiger partial charge in [0.15, 0.2) is 0 Å². The summed E-state index contributed by atoms with van der Waals surface area (Å²) in [6, 6.07) is -0.139. The van der Waals surface area contributed by atoms with E-state index in [1.54, 1.807) is 0 Å². The van der Waals surface area contributed by atoms with Crippen molar-refractivity contribution in [1.82, 2.24) is 18.7 Å². The molecule has 2 saturated carbocycles. The van der Waals surface area contributed by atoms with Crippen LogP contribution < -0.4 is 22.5 Å². The highest BCUT2D eigenvalue weighted by Crippen LogP contribution is 2.30. The predicted molar refractivity (Wildman–Crippen MR) is 93.2 cm³/mol. The summed E-state index contributed by atoms with van der Waals surface area (Å²) >= 11 is 0. The molecule has 0 atom stereocenters. The monoisotopic (exact) mass is 346 g/mol. The van der Waals surface area contributed by atoms with Gasteiger partial charge < -0.3 is 4.98 Å². The zero-order valence-electron chi connectivity index (χ0n) is 14.3. The first-order valence-electron chi connectivity index (χ1n) is 8.97. The number of aryl methyl sites for hydroxylation is 1. The Hall–Kier alpha value is -2.38. The first-order chi connectivity index (χ1) is 12.0. The SMILES string of the molecule is Cn1c(=O)c2[nH]c(=O)n(C3CCC3)c(=O)c2n(CCC2CCC2)c1=O. The molecule has 2 fully saturated rings. The molecule has 2 aliphatic carbocycles. The van der Waals surface area contributed by atoms with Crippen molar-refractivity contribution >= 4 is 11.0 Å². The van der Waals surface area contributed by atoms with Gasteiger partial charge in [-0.15, -0.1) is 0 Å². The van der Waals surface area contributed by atoms with E-state index in [0.29, 0.717) is 12.5 Å². The predicted octanol–water partition coefficient (Wildman–Crippen LogP) is 0.465. The minimum Gasteiger partial charge on any atom is -0.301 e. The van der Waals surface area contributed by atoms with Crippen molar-refractivity contribution < 1.29 is 0 Å². The lowest BCUT2D eigenvalue weighted by atomic mass is 9.83. The number of hydrogen-bond acceptors (Lipinski definition) is 4. The fourth-order valence-corrected chi connectivity index (χ4v) is 3.75. The van der Waals surface area contributed by atoms with Gasteiger partial charge in [-0.2, -0.15) is 0 Å². The highest BCUT2D eigenvalue weighted by Gasteiger charge is 2.26. The van der Waals surface area contributed by atoms with Crippen LogP contribution in [-0.4, -0.2) is 18.7 Å². The third-order valence-corrected chi connectivity index (χ3v) is 5.84. The van der Waals surface area contributed by atoms with E-state index in [-0.39, 0.29) is 17.1 Å². The summed E-state index contributed by atoms with van der Waals surface area (Å²) in [4.78, 5) is 52.9. The van der Waals surface area contributed by atoms with Gasteiger partial charge in [-0.3, -0.25) is 23.3 Å². The standard InChI is InChI=1S/C17H22N4O4/c1-19-14(22)12-13(20(17(19)25)9-8-10-4-2-5-10)15(23)21(16(24)18-12)11-6-3-7-11/h10-11H,2-9H2,1H3,(H,18,24). The molecular formula is C17H22N4O4. The largest absolute Gasteiger partial charge is 0.331 e. The third-order valence-electron chi connectivity index (χ3n) is 5.84. The molecule has 0 bridgehead atoms. The molecule has 0 saturated heterocycles. The molecule has 0 aliphatic heterocycles. The normalized spacial score (nSPS) is 18.3. The summed E-state index contributed by atoms with van der Waals surface area (Å²) < 4.78 is 3.53. The van der Waals surface area contributed by atoms with E-state index >= 15 is 0 Å².